The topological polar surface area (TPSA) is 34.0 Å². The van der Waals surface area contributed by atoms with Gasteiger partial charge in [-0.2, -0.15) is 0 Å². The number of rotatable bonds is 5. The van der Waals surface area contributed by atoms with Gasteiger partial charge in [-0.1, -0.05) is 6.42 Å². The lowest BCUT2D eigenvalue weighted by Gasteiger charge is -2.36. The second kappa shape index (κ2) is 6.85. The fourth-order valence-electron chi connectivity index (χ4n) is 3.25. The van der Waals surface area contributed by atoms with Crippen LogP contribution in [0.3, 0.4) is 0 Å². The van der Waals surface area contributed by atoms with Gasteiger partial charge in [0.15, 0.2) is 0 Å². The maximum Gasteiger partial charge on any atom is 0.105 e. The zero-order valence-electron chi connectivity index (χ0n) is 12.8. The molecule has 1 fully saturated rings. The third kappa shape index (κ3) is 3.70. The van der Waals surface area contributed by atoms with Crippen LogP contribution in [-0.2, 0) is 13.1 Å². The lowest BCUT2D eigenvalue weighted by Crippen LogP contribution is -2.39. The molecule has 0 spiro atoms. The largest absolute Gasteiger partial charge is 0.335 e. The molecule has 2 aromatic heterocycles. The second-order valence-corrected chi connectivity index (χ2v) is 5.93. The Kier molecular flexibility index (Phi) is 4.65. The van der Waals surface area contributed by atoms with Crippen LogP contribution in [0, 0.1) is 6.92 Å². The van der Waals surface area contributed by atoms with E-state index in [0.717, 1.165) is 18.9 Å². The van der Waals surface area contributed by atoms with Gasteiger partial charge in [0.1, 0.15) is 5.82 Å². The molecule has 1 atom stereocenters. The van der Waals surface area contributed by atoms with E-state index in [1.807, 2.05) is 18.6 Å². The molecule has 0 amide bonds. The molecule has 0 saturated carbocycles. The number of piperidine rings is 1. The van der Waals surface area contributed by atoms with Crippen molar-refractivity contribution in [2.45, 2.75) is 51.7 Å². The molecule has 1 aliphatic rings. The number of likely N-dealkylation sites (tertiary alicyclic amines) is 1. The minimum atomic E-state index is 0.689. The van der Waals surface area contributed by atoms with Crippen molar-refractivity contribution < 1.29 is 0 Å². The van der Waals surface area contributed by atoms with E-state index in [1.54, 1.807) is 0 Å². The third-order valence-electron chi connectivity index (χ3n) is 4.51. The molecule has 21 heavy (non-hydrogen) atoms. The number of imidazole rings is 1. The SMILES string of the molecule is Cc1nccn1CC[C@H]1CCCCN1Cc1ccncc1. The summed E-state index contributed by atoms with van der Waals surface area (Å²) in [6, 6.07) is 4.95. The van der Waals surface area contributed by atoms with E-state index in [2.05, 4.69) is 44.7 Å². The molecule has 4 nitrogen and oxygen atoms in total. The highest BCUT2D eigenvalue weighted by Crippen LogP contribution is 2.22. The van der Waals surface area contributed by atoms with E-state index >= 15 is 0 Å². The van der Waals surface area contributed by atoms with Crippen molar-refractivity contribution in [1.82, 2.24) is 19.4 Å². The summed E-state index contributed by atoms with van der Waals surface area (Å²) in [5, 5.41) is 0. The van der Waals surface area contributed by atoms with Crippen molar-refractivity contribution >= 4 is 0 Å². The summed E-state index contributed by atoms with van der Waals surface area (Å²) >= 11 is 0. The summed E-state index contributed by atoms with van der Waals surface area (Å²) in [6.07, 6.45) is 13.0. The standard InChI is InChI=1S/C17H24N4/c1-15-19-10-13-20(15)12-7-17-4-2-3-11-21(17)14-16-5-8-18-9-6-16/h5-6,8-10,13,17H,2-4,7,11-12,14H2,1H3/t17-/m1/s1. The molecule has 112 valence electrons. The zero-order chi connectivity index (χ0) is 14.5. The van der Waals surface area contributed by atoms with E-state index in [9.17, 15) is 0 Å². The summed E-state index contributed by atoms with van der Waals surface area (Å²) in [6.45, 7) is 5.42. The van der Waals surface area contributed by atoms with Crippen LogP contribution in [0.5, 0.6) is 0 Å². The number of aryl methyl sites for hydroxylation is 2. The molecule has 0 aliphatic carbocycles. The minimum absolute atomic E-state index is 0.689. The molecular formula is C17H24N4. The molecular weight excluding hydrogens is 260 g/mol. The first-order valence-electron chi connectivity index (χ1n) is 7.93. The van der Waals surface area contributed by atoms with Crippen LogP contribution in [0.4, 0.5) is 0 Å². The van der Waals surface area contributed by atoms with Crippen molar-refractivity contribution in [2.75, 3.05) is 6.54 Å². The van der Waals surface area contributed by atoms with Gasteiger partial charge in [-0.15, -0.1) is 0 Å². The highest BCUT2D eigenvalue weighted by atomic mass is 15.2. The number of nitrogens with zero attached hydrogens (tertiary/aromatic N) is 4. The Bertz CT molecular complexity index is 549. The molecule has 0 N–H and O–H groups in total. The molecule has 3 rings (SSSR count). The maximum absolute atomic E-state index is 4.31. The Labute approximate surface area is 126 Å². The summed E-state index contributed by atoms with van der Waals surface area (Å²) in [5.41, 5.74) is 1.37. The first-order chi connectivity index (χ1) is 10.3. The van der Waals surface area contributed by atoms with E-state index in [0.29, 0.717) is 6.04 Å². The number of aromatic nitrogens is 3. The van der Waals surface area contributed by atoms with Gasteiger partial charge >= 0.3 is 0 Å². The first kappa shape index (κ1) is 14.3. The molecule has 0 radical (unpaired) electrons. The summed E-state index contributed by atoms with van der Waals surface area (Å²) in [4.78, 5) is 11.1. The predicted octanol–water partition coefficient (Wildman–Crippen LogP) is 3.03. The van der Waals surface area contributed by atoms with E-state index in [1.165, 1.54) is 37.8 Å². The smallest absolute Gasteiger partial charge is 0.105 e. The van der Waals surface area contributed by atoms with Gasteiger partial charge in [0.25, 0.3) is 0 Å². The normalized spacial score (nSPS) is 19.8. The lowest BCUT2D eigenvalue weighted by atomic mass is 9.98. The molecule has 3 heterocycles. The average molecular weight is 284 g/mol. The second-order valence-electron chi connectivity index (χ2n) is 5.93. The van der Waals surface area contributed by atoms with Crippen LogP contribution in [0.15, 0.2) is 36.9 Å². The predicted molar refractivity (Wildman–Crippen MR) is 83.9 cm³/mol. The van der Waals surface area contributed by atoms with Crippen LogP contribution in [0.2, 0.25) is 0 Å². The monoisotopic (exact) mass is 284 g/mol. The van der Waals surface area contributed by atoms with Crippen LogP contribution in [0.1, 0.15) is 37.1 Å². The van der Waals surface area contributed by atoms with Crippen LogP contribution < -0.4 is 0 Å². The molecule has 1 saturated heterocycles. The Balaban J connectivity index is 1.60. The quantitative estimate of drug-likeness (QED) is 0.846. The van der Waals surface area contributed by atoms with Gasteiger partial charge in [-0.25, -0.2) is 4.98 Å². The molecule has 0 aromatic carbocycles. The van der Waals surface area contributed by atoms with Crippen molar-refractivity contribution in [3.8, 4) is 0 Å². The summed E-state index contributed by atoms with van der Waals surface area (Å²) < 4.78 is 2.26. The van der Waals surface area contributed by atoms with Crippen LogP contribution >= 0.6 is 0 Å². The molecule has 4 heteroatoms. The van der Waals surface area contributed by atoms with E-state index < -0.39 is 0 Å². The van der Waals surface area contributed by atoms with Crippen LogP contribution in [0.25, 0.3) is 0 Å². The number of pyridine rings is 1. The van der Waals surface area contributed by atoms with Gasteiger partial charge in [-0.05, 0) is 50.4 Å². The Morgan fingerprint density at radius 2 is 2.05 bits per heavy atom. The minimum Gasteiger partial charge on any atom is -0.335 e. The van der Waals surface area contributed by atoms with Crippen molar-refractivity contribution in [3.63, 3.8) is 0 Å². The molecule has 0 bridgehead atoms. The van der Waals surface area contributed by atoms with Crippen LogP contribution in [-0.4, -0.2) is 32.0 Å². The maximum atomic E-state index is 4.31. The van der Waals surface area contributed by atoms with E-state index in [-0.39, 0.29) is 0 Å². The summed E-state index contributed by atoms with van der Waals surface area (Å²) in [7, 11) is 0. The third-order valence-corrected chi connectivity index (χ3v) is 4.51. The van der Waals surface area contributed by atoms with E-state index in [4.69, 9.17) is 0 Å². The van der Waals surface area contributed by atoms with Gasteiger partial charge in [0.05, 0.1) is 0 Å². The molecule has 2 aromatic rings. The van der Waals surface area contributed by atoms with Crippen molar-refractivity contribution in [3.05, 3.63) is 48.3 Å². The summed E-state index contributed by atoms with van der Waals surface area (Å²) in [5.74, 6) is 1.12. The van der Waals surface area contributed by atoms with Gasteiger partial charge in [0, 0.05) is 43.9 Å². The highest BCUT2D eigenvalue weighted by Gasteiger charge is 2.22. The van der Waals surface area contributed by atoms with Gasteiger partial charge in [-0.3, -0.25) is 9.88 Å². The fourth-order valence-corrected chi connectivity index (χ4v) is 3.25. The van der Waals surface area contributed by atoms with Gasteiger partial charge in [0.2, 0.25) is 0 Å². The number of hydrogen-bond donors (Lipinski definition) is 0. The molecule has 0 unspecified atom stereocenters. The molecule has 1 aliphatic heterocycles. The Morgan fingerprint density at radius 1 is 1.19 bits per heavy atom. The fraction of sp³-hybridized carbons (Fsp3) is 0.529. The van der Waals surface area contributed by atoms with Crippen molar-refractivity contribution in [2.24, 2.45) is 0 Å². The zero-order valence-corrected chi connectivity index (χ0v) is 12.8. The first-order valence-corrected chi connectivity index (χ1v) is 7.93. The average Bonchev–Trinajstić information content (AvgIpc) is 2.93. The Morgan fingerprint density at radius 3 is 2.81 bits per heavy atom. The highest BCUT2D eigenvalue weighted by molar-refractivity contribution is 5.09. The van der Waals surface area contributed by atoms with Crippen molar-refractivity contribution in [1.29, 1.82) is 0 Å². The lowest BCUT2D eigenvalue weighted by molar-refractivity contribution is 0.128. The van der Waals surface area contributed by atoms with Gasteiger partial charge < -0.3 is 4.57 Å². The number of hydrogen-bond acceptors (Lipinski definition) is 3. The Hall–Kier alpha value is -1.68.